The van der Waals surface area contributed by atoms with Gasteiger partial charge in [-0.05, 0) is 22.6 Å². The molecule has 1 aromatic rings. The second-order valence-electron chi connectivity index (χ2n) is 4.46. The fourth-order valence-corrected chi connectivity index (χ4v) is 3.08. The molecule has 0 radical (unpaired) electrons. The maximum absolute atomic E-state index is 11.6. The van der Waals surface area contributed by atoms with Crippen LogP contribution < -0.4 is 10.5 Å². The molecule has 1 spiro atoms. The lowest BCUT2D eigenvalue weighted by atomic mass is 10.0. The highest BCUT2D eigenvalue weighted by molar-refractivity contribution is 14.1. The van der Waals surface area contributed by atoms with Crippen LogP contribution in [-0.2, 0) is 9.47 Å². The van der Waals surface area contributed by atoms with Gasteiger partial charge in [0, 0.05) is 25.9 Å². The second kappa shape index (κ2) is 4.78. The predicted molar refractivity (Wildman–Crippen MR) is 73.7 cm³/mol. The third-order valence-corrected chi connectivity index (χ3v) is 4.39. The number of aromatic amines is 1. The van der Waals surface area contributed by atoms with E-state index in [9.17, 15) is 4.79 Å². The van der Waals surface area contributed by atoms with Crippen molar-refractivity contribution < 1.29 is 9.47 Å². The first kappa shape index (κ1) is 12.4. The van der Waals surface area contributed by atoms with Crippen molar-refractivity contribution in [1.82, 2.24) is 9.97 Å². The number of piperidine rings is 1. The molecule has 3 heterocycles. The SMILES string of the molecule is O=c1[nH]cnc(N2CCC3(CC2)OCCO3)c1I. The minimum Gasteiger partial charge on any atom is -0.355 e. The van der Waals surface area contributed by atoms with E-state index in [0.717, 1.165) is 31.7 Å². The van der Waals surface area contributed by atoms with E-state index in [0.29, 0.717) is 16.8 Å². The van der Waals surface area contributed by atoms with E-state index in [1.165, 1.54) is 6.33 Å². The van der Waals surface area contributed by atoms with E-state index in [1.54, 1.807) is 0 Å². The topological polar surface area (TPSA) is 67.5 Å². The number of halogens is 1. The number of nitrogens with one attached hydrogen (secondary N) is 1. The molecule has 2 saturated heterocycles. The first-order valence-electron chi connectivity index (χ1n) is 5.96. The van der Waals surface area contributed by atoms with Gasteiger partial charge in [0.05, 0.1) is 19.5 Å². The van der Waals surface area contributed by atoms with E-state index in [2.05, 4.69) is 14.9 Å². The second-order valence-corrected chi connectivity index (χ2v) is 5.54. The molecule has 98 valence electrons. The standard InChI is InChI=1S/C11H14IN3O3/c12-8-9(13-7-14-10(8)16)15-3-1-11(2-4-15)17-5-6-18-11/h7H,1-6H2,(H,13,14,16). The van der Waals surface area contributed by atoms with Gasteiger partial charge < -0.3 is 19.4 Å². The summed E-state index contributed by atoms with van der Waals surface area (Å²) in [5, 5.41) is 0. The third-order valence-electron chi connectivity index (χ3n) is 3.42. The Morgan fingerprint density at radius 1 is 1.33 bits per heavy atom. The molecule has 2 aliphatic heterocycles. The summed E-state index contributed by atoms with van der Waals surface area (Å²) in [4.78, 5) is 20.5. The summed E-state index contributed by atoms with van der Waals surface area (Å²) >= 11 is 2.04. The zero-order valence-electron chi connectivity index (χ0n) is 9.82. The van der Waals surface area contributed by atoms with Crippen molar-refractivity contribution in [3.05, 3.63) is 20.3 Å². The maximum Gasteiger partial charge on any atom is 0.266 e. The quantitative estimate of drug-likeness (QED) is 0.745. The number of H-pyrrole nitrogens is 1. The molecule has 7 heteroatoms. The number of hydrogen-bond acceptors (Lipinski definition) is 5. The van der Waals surface area contributed by atoms with Gasteiger partial charge in [-0.1, -0.05) is 0 Å². The Bertz CT molecular complexity index is 489. The normalized spacial score (nSPS) is 22.6. The van der Waals surface area contributed by atoms with Crippen LogP contribution in [0.4, 0.5) is 5.82 Å². The van der Waals surface area contributed by atoms with E-state index in [4.69, 9.17) is 9.47 Å². The van der Waals surface area contributed by atoms with Crippen molar-refractivity contribution in [3.8, 4) is 0 Å². The van der Waals surface area contributed by atoms with Crippen molar-refractivity contribution in [2.24, 2.45) is 0 Å². The molecule has 3 rings (SSSR count). The summed E-state index contributed by atoms with van der Waals surface area (Å²) < 4.78 is 12.0. The van der Waals surface area contributed by atoms with Crippen molar-refractivity contribution in [2.45, 2.75) is 18.6 Å². The smallest absolute Gasteiger partial charge is 0.266 e. The molecular weight excluding hydrogens is 349 g/mol. The molecule has 0 saturated carbocycles. The Kier molecular flexibility index (Phi) is 3.29. The molecule has 0 unspecified atom stereocenters. The lowest BCUT2D eigenvalue weighted by molar-refractivity contribution is -0.169. The number of nitrogens with zero attached hydrogens (tertiary/aromatic N) is 2. The fourth-order valence-electron chi connectivity index (χ4n) is 2.44. The maximum atomic E-state index is 11.6. The van der Waals surface area contributed by atoms with Crippen LogP contribution in [0.15, 0.2) is 11.1 Å². The molecule has 2 aliphatic rings. The molecule has 1 aromatic heterocycles. The summed E-state index contributed by atoms with van der Waals surface area (Å²) in [6.45, 7) is 2.96. The highest BCUT2D eigenvalue weighted by Crippen LogP contribution is 2.33. The number of ether oxygens (including phenoxy) is 2. The fraction of sp³-hybridized carbons (Fsp3) is 0.636. The van der Waals surface area contributed by atoms with Crippen LogP contribution in [0.3, 0.4) is 0 Å². The Labute approximate surface area is 118 Å². The van der Waals surface area contributed by atoms with Gasteiger partial charge in [-0.3, -0.25) is 4.79 Å². The minimum absolute atomic E-state index is 0.0887. The molecule has 0 aromatic carbocycles. The molecule has 0 aliphatic carbocycles. The van der Waals surface area contributed by atoms with E-state index in [1.807, 2.05) is 22.6 Å². The molecule has 2 fully saturated rings. The summed E-state index contributed by atoms with van der Waals surface area (Å²) in [5.74, 6) is 0.371. The van der Waals surface area contributed by atoms with Crippen LogP contribution in [0.1, 0.15) is 12.8 Å². The molecule has 18 heavy (non-hydrogen) atoms. The summed E-state index contributed by atoms with van der Waals surface area (Å²) in [7, 11) is 0. The average Bonchev–Trinajstić information content (AvgIpc) is 2.83. The highest BCUT2D eigenvalue weighted by atomic mass is 127. The highest BCUT2D eigenvalue weighted by Gasteiger charge is 2.40. The van der Waals surface area contributed by atoms with Gasteiger partial charge in [0.2, 0.25) is 0 Å². The third kappa shape index (κ3) is 2.14. The van der Waals surface area contributed by atoms with E-state index < -0.39 is 0 Å². The molecular formula is C11H14IN3O3. The first-order chi connectivity index (χ1) is 8.70. The lowest BCUT2D eigenvalue weighted by Gasteiger charge is -2.38. The number of rotatable bonds is 1. The van der Waals surface area contributed by atoms with Gasteiger partial charge in [0.15, 0.2) is 5.79 Å². The zero-order valence-corrected chi connectivity index (χ0v) is 12.0. The average molecular weight is 363 g/mol. The molecule has 0 atom stereocenters. The molecule has 6 nitrogen and oxygen atoms in total. The van der Waals surface area contributed by atoms with Crippen LogP contribution in [0, 0.1) is 3.57 Å². The minimum atomic E-state index is -0.386. The van der Waals surface area contributed by atoms with Gasteiger partial charge in [-0.25, -0.2) is 4.98 Å². The van der Waals surface area contributed by atoms with E-state index >= 15 is 0 Å². The van der Waals surface area contributed by atoms with Gasteiger partial charge in [-0.2, -0.15) is 0 Å². The van der Waals surface area contributed by atoms with Crippen LogP contribution in [0.25, 0.3) is 0 Å². The summed E-state index contributed by atoms with van der Waals surface area (Å²) in [6.07, 6.45) is 3.09. The number of anilines is 1. The van der Waals surface area contributed by atoms with Crippen molar-refractivity contribution >= 4 is 28.4 Å². The molecule has 1 N–H and O–H groups in total. The Morgan fingerprint density at radius 3 is 2.67 bits per heavy atom. The lowest BCUT2D eigenvalue weighted by Crippen LogP contribution is -2.46. The van der Waals surface area contributed by atoms with Gasteiger partial charge >= 0.3 is 0 Å². The Balaban J connectivity index is 1.76. The van der Waals surface area contributed by atoms with Crippen LogP contribution in [0.5, 0.6) is 0 Å². The molecule has 0 bridgehead atoms. The van der Waals surface area contributed by atoms with Gasteiger partial charge in [0.25, 0.3) is 5.56 Å². The van der Waals surface area contributed by atoms with Crippen LogP contribution in [-0.4, -0.2) is 42.1 Å². The van der Waals surface area contributed by atoms with Crippen LogP contribution in [0.2, 0.25) is 0 Å². The van der Waals surface area contributed by atoms with Crippen molar-refractivity contribution in [2.75, 3.05) is 31.2 Å². The van der Waals surface area contributed by atoms with E-state index in [-0.39, 0.29) is 11.3 Å². The number of aromatic nitrogens is 2. The zero-order chi connectivity index (χ0) is 12.6. The van der Waals surface area contributed by atoms with Crippen molar-refractivity contribution in [3.63, 3.8) is 0 Å². The van der Waals surface area contributed by atoms with Crippen LogP contribution >= 0.6 is 22.6 Å². The Morgan fingerprint density at radius 2 is 2.00 bits per heavy atom. The van der Waals surface area contributed by atoms with Gasteiger partial charge in [0.1, 0.15) is 9.39 Å². The Hall–Kier alpha value is -0.670. The van der Waals surface area contributed by atoms with Gasteiger partial charge in [-0.15, -0.1) is 0 Å². The van der Waals surface area contributed by atoms with Crippen molar-refractivity contribution in [1.29, 1.82) is 0 Å². The number of hydrogen-bond donors (Lipinski definition) is 1. The molecule has 0 amide bonds. The summed E-state index contributed by atoms with van der Waals surface area (Å²) in [5.41, 5.74) is -0.0887. The first-order valence-corrected chi connectivity index (χ1v) is 7.04. The largest absolute Gasteiger partial charge is 0.355 e. The monoisotopic (exact) mass is 363 g/mol. The summed E-state index contributed by atoms with van der Waals surface area (Å²) in [6, 6.07) is 0. The predicted octanol–water partition coefficient (Wildman–Crippen LogP) is 0.718.